The summed E-state index contributed by atoms with van der Waals surface area (Å²) in [5, 5.41) is 2.77. The van der Waals surface area contributed by atoms with E-state index in [1.54, 1.807) is 18.2 Å². The molecule has 0 bridgehead atoms. The van der Waals surface area contributed by atoms with Crippen molar-refractivity contribution in [1.82, 2.24) is 10.2 Å². The molecule has 190 valence electrons. The molecule has 7 nitrogen and oxygen atoms in total. The summed E-state index contributed by atoms with van der Waals surface area (Å²) >= 11 is 12.5. The van der Waals surface area contributed by atoms with Gasteiger partial charge in [0.2, 0.25) is 11.8 Å². The van der Waals surface area contributed by atoms with Crippen molar-refractivity contribution in [2.45, 2.75) is 24.4 Å². The van der Waals surface area contributed by atoms with Gasteiger partial charge in [0.15, 0.2) is 0 Å². The van der Waals surface area contributed by atoms with E-state index in [2.05, 4.69) is 5.32 Å². The number of likely N-dealkylation sites (N-methyl/N-ethyl adjacent to an activating group) is 1. The lowest BCUT2D eigenvalue weighted by molar-refractivity contribution is -0.139. The van der Waals surface area contributed by atoms with Gasteiger partial charge >= 0.3 is 0 Å². The fourth-order valence-corrected chi connectivity index (χ4v) is 5.37. The van der Waals surface area contributed by atoms with Crippen molar-refractivity contribution < 1.29 is 22.4 Å². The maximum Gasteiger partial charge on any atom is 0.264 e. The van der Waals surface area contributed by atoms with E-state index in [0.717, 1.165) is 4.31 Å². The molecule has 1 unspecified atom stereocenters. The van der Waals surface area contributed by atoms with Gasteiger partial charge in [0, 0.05) is 18.6 Å². The molecule has 0 saturated carbocycles. The van der Waals surface area contributed by atoms with Crippen LogP contribution in [0.4, 0.5) is 10.1 Å². The highest BCUT2D eigenvalue weighted by Gasteiger charge is 2.33. The highest BCUT2D eigenvalue weighted by molar-refractivity contribution is 7.92. The van der Waals surface area contributed by atoms with Gasteiger partial charge in [-0.15, -0.1) is 0 Å². The minimum Gasteiger partial charge on any atom is -0.357 e. The molecule has 0 radical (unpaired) electrons. The summed E-state index contributed by atoms with van der Waals surface area (Å²) in [4.78, 5) is 27.2. The van der Waals surface area contributed by atoms with Gasteiger partial charge in [-0.3, -0.25) is 13.9 Å². The van der Waals surface area contributed by atoms with E-state index in [-0.39, 0.29) is 27.2 Å². The number of halogens is 3. The maximum absolute atomic E-state index is 13.6. The summed E-state index contributed by atoms with van der Waals surface area (Å²) in [6.45, 7) is 0.790. The van der Waals surface area contributed by atoms with Gasteiger partial charge in [-0.2, -0.15) is 0 Å². The molecule has 36 heavy (non-hydrogen) atoms. The molecule has 0 aromatic heterocycles. The fourth-order valence-electron chi connectivity index (χ4n) is 3.49. The van der Waals surface area contributed by atoms with Gasteiger partial charge in [0.1, 0.15) is 18.4 Å². The Morgan fingerprint density at radius 3 is 2.25 bits per heavy atom. The molecule has 11 heteroatoms. The molecule has 1 N–H and O–H groups in total. The SMILES string of the molecule is CNC(=O)C(C)N(Cc1ccc(F)cc1)C(=O)CN(c1cc(Cl)ccc1Cl)S(=O)(=O)c1ccccc1. The molecule has 0 spiro atoms. The van der Waals surface area contributed by atoms with Crippen molar-refractivity contribution in [3.05, 3.63) is 94.2 Å². The number of benzene rings is 3. The molecule has 2 amide bonds. The van der Waals surface area contributed by atoms with Gasteiger partial charge < -0.3 is 10.2 Å². The average Bonchev–Trinajstić information content (AvgIpc) is 2.87. The van der Waals surface area contributed by atoms with Crippen LogP contribution in [0.1, 0.15) is 12.5 Å². The van der Waals surface area contributed by atoms with Gasteiger partial charge in [0.25, 0.3) is 10.0 Å². The maximum atomic E-state index is 13.6. The van der Waals surface area contributed by atoms with Crippen molar-refractivity contribution in [3.63, 3.8) is 0 Å². The van der Waals surface area contributed by atoms with Crippen LogP contribution in [0.3, 0.4) is 0 Å². The Hall–Kier alpha value is -3.14. The average molecular weight is 552 g/mol. The molecular weight excluding hydrogens is 528 g/mol. The number of amides is 2. The Bertz CT molecular complexity index is 1340. The lowest BCUT2D eigenvalue weighted by Crippen LogP contribution is -2.50. The number of rotatable bonds is 9. The topological polar surface area (TPSA) is 86.8 Å². The zero-order chi connectivity index (χ0) is 26.5. The normalized spacial score (nSPS) is 12.0. The monoisotopic (exact) mass is 551 g/mol. The van der Waals surface area contributed by atoms with Crippen LogP contribution in [-0.2, 0) is 26.2 Å². The molecule has 0 aliphatic heterocycles. The molecule has 0 saturated heterocycles. The van der Waals surface area contributed by atoms with Gasteiger partial charge in [0.05, 0.1) is 15.6 Å². The third kappa shape index (κ3) is 6.34. The first kappa shape index (κ1) is 27.4. The highest BCUT2D eigenvalue weighted by atomic mass is 35.5. The summed E-state index contributed by atoms with van der Waals surface area (Å²) in [7, 11) is -2.83. The Morgan fingerprint density at radius 1 is 1.00 bits per heavy atom. The molecule has 0 fully saturated rings. The van der Waals surface area contributed by atoms with Crippen molar-refractivity contribution in [2.75, 3.05) is 17.9 Å². The van der Waals surface area contributed by atoms with E-state index in [4.69, 9.17) is 23.2 Å². The second kappa shape index (κ2) is 11.7. The standard InChI is InChI=1S/C25H24Cl2FN3O4S/c1-17(25(33)29-2)30(15-18-8-11-20(28)12-9-18)24(32)16-31(23-14-19(26)10-13-22(23)27)36(34,35)21-6-4-3-5-7-21/h3-14,17H,15-16H2,1-2H3,(H,29,33). The third-order valence-electron chi connectivity index (χ3n) is 5.47. The van der Waals surface area contributed by atoms with Crippen LogP contribution in [0.2, 0.25) is 10.0 Å². The van der Waals surface area contributed by atoms with E-state index < -0.39 is 40.2 Å². The van der Waals surface area contributed by atoms with Crippen LogP contribution in [0.15, 0.2) is 77.7 Å². The Kier molecular flexibility index (Phi) is 8.94. The number of sulfonamides is 1. The van der Waals surface area contributed by atoms with Crippen molar-refractivity contribution in [2.24, 2.45) is 0 Å². The second-order valence-electron chi connectivity index (χ2n) is 7.86. The number of carbonyl (C=O) groups is 2. The van der Waals surface area contributed by atoms with E-state index in [9.17, 15) is 22.4 Å². The molecule has 1 atom stereocenters. The summed E-state index contributed by atoms with van der Waals surface area (Å²) in [5.74, 6) is -1.58. The summed E-state index contributed by atoms with van der Waals surface area (Å²) in [5.41, 5.74) is 0.564. The lowest BCUT2D eigenvalue weighted by Gasteiger charge is -2.32. The van der Waals surface area contributed by atoms with Crippen LogP contribution in [-0.4, -0.2) is 44.8 Å². The van der Waals surface area contributed by atoms with Crippen molar-refractivity contribution >= 4 is 50.7 Å². The number of hydrogen-bond donors (Lipinski definition) is 1. The minimum atomic E-state index is -4.26. The number of carbonyl (C=O) groups excluding carboxylic acids is 2. The van der Waals surface area contributed by atoms with Crippen molar-refractivity contribution in [1.29, 1.82) is 0 Å². The van der Waals surface area contributed by atoms with Crippen LogP contribution < -0.4 is 9.62 Å². The Morgan fingerprint density at radius 2 is 1.64 bits per heavy atom. The largest absolute Gasteiger partial charge is 0.357 e. The first-order chi connectivity index (χ1) is 17.0. The van der Waals surface area contributed by atoms with Crippen LogP contribution in [0.5, 0.6) is 0 Å². The number of anilines is 1. The second-order valence-corrected chi connectivity index (χ2v) is 10.6. The Balaban J connectivity index is 2.06. The number of hydrogen-bond acceptors (Lipinski definition) is 4. The lowest BCUT2D eigenvalue weighted by atomic mass is 10.1. The predicted molar refractivity (Wildman–Crippen MR) is 138 cm³/mol. The Labute approximate surface area is 219 Å². The number of nitrogens with one attached hydrogen (secondary N) is 1. The predicted octanol–water partition coefficient (Wildman–Crippen LogP) is 4.49. The zero-order valence-corrected chi connectivity index (χ0v) is 21.8. The number of nitrogens with zero attached hydrogens (tertiary/aromatic N) is 2. The van der Waals surface area contributed by atoms with E-state index in [1.165, 1.54) is 73.5 Å². The van der Waals surface area contributed by atoms with Gasteiger partial charge in [-0.1, -0.05) is 53.5 Å². The molecule has 3 rings (SSSR count). The highest BCUT2D eigenvalue weighted by Crippen LogP contribution is 2.33. The summed E-state index contributed by atoms with van der Waals surface area (Å²) < 4.78 is 41.6. The van der Waals surface area contributed by atoms with E-state index >= 15 is 0 Å². The zero-order valence-electron chi connectivity index (χ0n) is 19.5. The molecule has 0 aliphatic carbocycles. The van der Waals surface area contributed by atoms with Crippen molar-refractivity contribution in [3.8, 4) is 0 Å². The smallest absolute Gasteiger partial charge is 0.264 e. The molecule has 0 aliphatic rings. The minimum absolute atomic E-state index is 0.00991. The molecular formula is C25H24Cl2FN3O4S. The van der Waals surface area contributed by atoms with Crippen LogP contribution in [0.25, 0.3) is 0 Å². The summed E-state index contributed by atoms with van der Waals surface area (Å²) in [6.07, 6.45) is 0. The molecule has 0 heterocycles. The molecule has 3 aromatic carbocycles. The first-order valence-corrected chi connectivity index (χ1v) is 13.0. The van der Waals surface area contributed by atoms with E-state index in [0.29, 0.717) is 5.56 Å². The van der Waals surface area contributed by atoms with Crippen LogP contribution >= 0.6 is 23.2 Å². The van der Waals surface area contributed by atoms with E-state index in [1.807, 2.05) is 0 Å². The quantitative estimate of drug-likeness (QED) is 0.424. The molecule has 3 aromatic rings. The van der Waals surface area contributed by atoms with Gasteiger partial charge in [-0.25, -0.2) is 12.8 Å². The third-order valence-corrected chi connectivity index (χ3v) is 7.80. The fraction of sp³-hybridized carbons (Fsp3) is 0.200. The summed E-state index contributed by atoms with van der Waals surface area (Å²) in [6, 6.07) is 16.3. The van der Waals surface area contributed by atoms with Crippen LogP contribution in [0, 0.1) is 5.82 Å². The van der Waals surface area contributed by atoms with Gasteiger partial charge in [-0.05, 0) is 55.0 Å². The first-order valence-electron chi connectivity index (χ1n) is 10.8.